The predicted octanol–water partition coefficient (Wildman–Crippen LogP) is 0.176. The quantitative estimate of drug-likeness (QED) is 0.752. The zero-order valence-electron chi connectivity index (χ0n) is 11.4. The van der Waals surface area contributed by atoms with Crippen LogP contribution in [0.5, 0.6) is 0 Å². The van der Waals surface area contributed by atoms with Gasteiger partial charge in [-0.25, -0.2) is 21.6 Å². The number of hydrogen-bond donors (Lipinski definition) is 2. The van der Waals surface area contributed by atoms with Gasteiger partial charge >= 0.3 is 0 Å². The SMILES string of the molecule is CC1(NS(=O)(=O)c2ccc(C(N)=S)cc2)CCS(=O)(=O)C1. The molecule has 9 heteroatoms. The molecule has 1 atom stereocenters. The van der Waals surface area contributed by atoms with Gasteiger partial charge in [-0.3, -0.25) is 0 Å². The smallest absolute Gasteiger partial charge is 0.241 e. The van der Waals surface area contributed by atoms with E-state index in [0.717, 1.165) is 0 Å². The third-order valence-electron chi connectivity index (χ3n) is 3.33. The fourth-order valence-corrected chi connectivity index (χ4v) is 6.03. The fourth-order valence-electron chi connectivity index (χ4n) is 2.27. The second kappa shape index (κ2) is 5.31. The Labute approximate surface area is 129 Å². The van der Waals surface area contributed by atoms with Gasteiger partial charge in [0.25, 0.3) is 0 Å². The van der Waals surface area contributed by atoms with E-state index in [1.54, 1.807) is 6.92 Å². The Kier molecular flexibility index (Phi) is 4.13. The lowest BCUT2D eigenvalue weighted by Gasteiger charge is -2.23. The Morgan fingerprint density at radius 2 is 1.90 bits per heavy atom. The highest BCUT2D eigenvalue weighted by Crippen LogP contribution is 2.25. The van der Waals surface area contributed by atoms with E-state index in [9.17, 15) is 16.8 Å². The van der Waals surface area contributed by atoms with Crippen LogP contribution in [-0.4, -0.2) is 38.9 Å². The van der Waals surface area contributed by atoms with Gasteiger partial charge in [0.1, 0.15) is 4.99 Å². The molecule has 1 saturated heterocycles. The van der Waals surface area contributed by atoms with Crippen molar-refractivity contribution in [1.29, 1.82) is 0 Å². The Balaban J connectivity index is 2.25. The van der Waals surface area contributed by atoms with E-state index >= 15 is 0 Å². The Morgan fingerprint density at radius 1 is 1.33 bits per heavy atom. The average molecular weight is 348 g/mol. The van der Waals surface area contributed by atoms with Crippen molar-refractivity contribution in [2.45, 2.75) is 23.8 Å². The first-order valence-corrected chi connectivity index (χ1v) is 9.89. The highest BCUT2D eigenvalue weighted by Gasteiger charge is 2.41. The van der Waals surface area contributed by atoms with E-state index in [-0.39, 0.29) is 27.8 Å². The zero-order valence-corrected chi connectivity index (χ0v) is 13.8. The Morgan fingerprint density at radius 3 is 2.33 bits per heavy atom. The number of benzene rings is 1. The van der Waals surface area contributed by atoms with Gasteiger partial charge in [-0.1, -0.05) is 24.4 Å². The molecule has 0 spiro atoms. The molecule has 1 aliphatic rings. The molecule has 0 saturated carbocycles. The molecule has 1 heterocycles. The number of nitrogens with two attached hydrogens (primary N) is 1. The van der Waals surface area contributed by atoms with Crippen molar-refractivity contribution in [2.24, 2.45) is 5.73 Å². The van der Waals surface area contributed by atoms with Gasteiger partial charge in [0, 0.05) is 11.1 Å². The molecule has 1 unspecified atom stereocenters. The zero-order chi connectivity index (χ0) is 15.9. The highest BCUT2D eigenvalue weighted by atomic mass is 32.2. The van der Waals surface area contributed by atoms with Crippen molar-refractivity contribution in [3.05, 3.63) is 29.8 Å². The second-order valence-electron chi connectivity index (χ2n) is 5.40. The van der Waals surface area contributed by atoms with E-state index < -0.39 is 25.4 Å². The summed E-state index contributed by atoms with van der Waals surface area (Å²) in [5.74, 6) is -0.198. The monoisotopic (exact) mass is 348 g/mol. The molecule has 1 aromatic carbocycles. The number of nitrogens with one attached hydrogen (secondary N) is 1. The summed E-state index contributed by atoms with van der Waals surface area (Å²) in [7, 11) is -6.98. The van der Waals surface area contributed by atoms with Crippen molar-refractivity contribution in [2.75, 3.05) is 11.5 Å². The van der Waals surface area contributed by atoms with Gasteiger partial charge in [-0.05, 0) is 25.5 Å². The lowest BCUT2D eigenvalue weighted by atomic mass is 10.0. The minimum absolute atomic E-state index is 0.00754. The summed E-state index contributed by atoms with van der Waals surface area (Å²) in [5.41, 5.74) is 5.05. The van der Waals surface area contributed by atoms with Crippen LogP contribution in [0.15, 0.2) is 29.2 Å². The summed E-state index contributed by atoms with van der Waals surface area (Å²) in [6.07, 6.45) is 0.263. The Bertz CT molecular complexity index is 769. The third-order valence-corrected chi connectivity index (χ3v) is 7.13. The topological polar surface area (TPSA) is 106 Å². The molecule has 0 amide bonds. The van der Waals surface area contributed by atoms with Crippen molar-refractivity contribution in [3.8, 4) is 0 Å². The molecule has 3 N–H and O–H groups in total. The molecular weight excluding hydrogens is 332 g/mol. The molecule has 2 rings (SSSR count). The Hall–Kier alpha value is -1.03. The normalized spacial score (nSPS) is 24.8. The van der Waals surface area contributed by atoms with Gasteiger partial charge in [-0.2, -0.15) is 0 Å². The molecule has 0 radical (unpaired) electrons. The van der Waals surface area contributed by atoms with Crippen LogP contribution in [0, 0.1) is 0 Å². The van der Waals surface area contributed by atoms with Crippen LogP contribution in [0.4, 0.5) is 0 Å². The summed E-state index contributed by atoms with van der Waals surface area (Å²) >= 11 is 4.80. The maximum atomic E-state index is 12.3. The molecule has 1 aliphatic heterocycles. The van der Waals surface area contributed by atoms with Crippen molar-refractivity contribution in [1.82, 2.24) is 4.72 Å². The minimum Gasteiger partial charge on any atom is -0.389 e. The van der Waals surface area contributed by atoms with Gasteiger partial charge in [-0.15, -0.1) is 0 Å². The lowest BCUT2D eigenvalue weighted by molar-refractivity contribution is 0.462. The minimum atomic E-state index is -3.79. The molecule has 0 bridgehead atoms. The molecule has 1 fully saturated rings. The van der Waals surface area contributed by atoms with Gasteiger partial charge in [0.05, 0.1) is 16.4 Å². The maximum absolute atomic E-state index is 12.3. The molecule has 116 valence electrons. The van der Waals surface area contributed by atoms with Crippen LogP contribution in [0.3, 0.4) is 0 Å². The first-order chi connectivity index (χ1) is 9.53. The van der Waals surface area contributed by atoms with Crippen molar-refractivity contribution < 1.29 is 16.8 Å². The van der Waals surface area contributed by atoms with E-state index in [1.165, 1.54) is 24.3 Å². The summed E-state index contributed by atoms with van der Waals surface area (Å²) < 4.78 is 50.2. The molecule has 0 aromatic heterocycles. The third kappa shape index (κ3) is 3.79. The van der Waals surface area contributed by atoms with Crippen LogP contribution < -0.4 is 10.5 Å². The fraction of sp³-hybridized carbons (Fsp3) is 0.417. The van der Waals surface area contributed by atoms with Crippen molar-refractivity contribution in [3.63, 3.8) is 0 Å². The van der Waals surface area contributed by atoms with Gasteiger partial charge in [0.15, 0.2) is 9.84 Å². The molecule has 0 aliphatic carbocycles. The van der Waals surface area contributed by atoms with Crippen LogP contribution in [0.25, 0.3) is 0 Å². The summed E-state index contributed by atoms with van der Waals surface area (Å²) in [6, 6.07) is 5.82. The van der Waals surface area contributed by atoms with Crippen LogP contribution in [0.1, 0.15) is 18.9 Å². The van der Waals surface area contributed by atoms with Crippen LogP contribution >= 0.6 is 12.2 Å². The number of thiocarbonyl (C=S) groups is 1. The standard InChI is InChI=1S/C12H16N2O4S3/c1-12(6-7-20(15,16)8-12)14-21(17,18)10-4-2-9(3-5-10)11(13)19/h2-5,14H,6-8H2,1H3,(H2,13,19). The van der Waals surface area contributed by atoms with Crippen molar-refractivity contribution >= 4 is 37.1 Å². The van der Waals surface area contributed by atoms with Gasteiger partial charge in [0.2, 0.25) is 10.0 Å². The van der Waals surface area contributed by atoms with Crippen LogP contribution in [0.2, 0.25) is 0 Å². The highest BCUT2D eigenvalue weighted by molar-refractivity contribution is 7.92. The van der Waals surface area contributed by atoms with E-state index in [4.69, 9.17) is 18.0 Å². The lowest BCUT2D eigenvalue weighted by Crippen LogP contribution is -2.46. The number of rotatable bonds is 4. The van der Waals surface area contributed by atoms with Gasteiger partial charge < -0.3 is 5.73 Å². The molecule has 1 aromatic rings. The number of sulfonamides is 1. The summed E-state index contributed by atoms with van der Waals surface area (Å²) in [6.45, 7) is 1.60. The summed E-state index contributed by atoms with van der Waals surface area (Å²) in [5, 5.41) is 0. The predicted molar refractivity (Wildman–Crippen MR) is 84.3 cm³/mol. The number of sulfone groups is 1. The summed E-state index contributed by atoms with van der Waals surface area (Å²) in [4.78, 5) is 0.230. The molecule has 6 nitrogen and oxygen atoms in total. The average Bonchev–Trinajstić information content (AvgIpc) is 2.62. The second-order valence-corrected chi connectivity index (χ2v) is 9.70. The van der Waals surface area contributed by atoms with Crippen LogP contribution in [-0.2, 0) is 19.9 Å². The van der Waals surface area contributed by atoms with E-state index in [2.05, 4.69) is 4.72 Å². The first kappa shape index (κ1) is 16.3. The number of hydrogen-bond acceptors (Lipinski definition) is 5. The largest absolute Gasteiger partial charge is 0.389 e. The van der Waals surface area contributed by atoms with E-state index in [1.807, 2.05) is 0 Å². The van der Waals surface area contributed by atoms with E-state index in [0.29, 0.717) is 5.56 Å². The molecule has 21 heavy (non-hydrogen) atoms. The first-order valence-electron chi connectivity index (χ1n) is 6.17. The molecular formula is C12H16N2O4S3. The maximum Gasteiger partial charge on any atom is 0.241 e.